The smallest absolute Gasteiger partial charge is 0.145 e. The molecule has 62 heavy (non-hydrogen) atoms. The summed E-state index contributed by atoms with van der Waals surface area (Å²) in [6, 6.07) is 79.2. The standard InChI is InChI=1S/C58H38N4/c1-2-18-42(19-3-1)61-53-27-11-9-24-47(53)51-35-39(30-33-54(51)61)40-29-31-48-46-23-8-10-26-52(46)62(55(48)36-40)43-20-12-17-41(34-43)58-59-56-45-22-7-5-15-38(45)28-32-50(56)57(60-58)49-25-13-16-37-14-4-6-21-44(37)49/h1-36,58-59H. The number of fused-ring (bicyclic) bond motifs is 10. The Labute approximate surface area is 358 Å². The Morgan fingerprint density at radius 2 is 0.935 bits per heavy atom. The molecule has 13 rings (SSSR count). The zero-order chi connectivity index (χ0) is 40.7. The molecule has 0 saturated heterocycles. The van der Waals surface area contributed by atoms with Gasteiger partial charge in [0, 0.05) is 49.4 Å². The van der Waals surface area contributed by atoms with Crippen LogP contribution in [0.2, 0.25) is 0 Å². The molecule has 1 unspecified atom stereocenters. The van der Waals surface area contributed by atoms with Crippen molar-refractivity contribution in [2.75, 3.05) is 5.32 Å². The number of aromatic nitrogens is 2. The first-order valence-corrected chi connectivity index (χ1v) is 21.3. The van der Waals surface area contributed by atoms with Crippen LogP contribution < -0.4 is 5.32 Å². The Morgan fingerprint density at radius 3 is 1.76 bits per heavy atom. The molecule has 0 amide bonds. The molecule has 1 atom stereocenters. The van der Waals surface area contributed by atoms with Crippen molar-refractivity contribution in [3.63, 3.8) is 0 Å². The van der Waals surface area contributed by atoms with E-state index in [4.69, 9.17) is 4.99 Å². The van der Waals surface area contributed by atoms with Crippen molar-refractivity contribution in [1.29, 1.82) is 0 Å². The molecule has 0 fully saturated rings. The van der Waals surface area contributed by atoms with Crippen molar-refractivity contribution in [2.45, 2.75) is 6.17 Å². The van der Waals surface area contributed by atoms with Crippen LogP contribution in [0.5, 0.6) is 0 Å². The highest BCUT2D eigenvalue weighted by Crippen LogP contribution is 2.41. The topological polar surface area (TPSA) is 34.2 Å². The van der Waals surface area contributed by atoms with Gasteiger partial charge >= 0.3 is 0 Å². The van der Waals surface area contributed by atoms with Gasteiger partial charge in [-0.05, 0) is 87.4 Å². The second-order valence-corrected chi connectivity index (χ2v) is 16.4. The van der Waals surface area contributed by atoms with E-state index in [1.807, 2.05) is 0 Å². The number of hydrogen-bond acceptors (Lipinski definition) is 2. The number of rotatable bonds is 5. The van der Waals surface area contributed by atoms with Crippen LogP contribution in [0.15, 0.2) is 223 Å². The van der Waals surface area contributed by atoms with Gasteiger partial charge in [0.2, 0.25) is 0 Å². The summed E-state index contributed by atoms with van der Waals surface area (Å²) >= 11 is 0. The molecule has 3 heterocycles. The average Bonchev–Trinajstić information content (AvgIpc) is 3.86. The van der Waals surface area contributed by atoms with Crippen LogP contribution in [-0.4, -0.2) is 14.8 Å². The van der Waals surface area contributed by atoms with Crippen LogP contribution in [0, 0.1) is 0 Å². The highest BCUT2D eigenvalue weighted by Gasteiger charge is 2.26. The van der Waals surface area contributed by atoms with Gasteiger partial charge in [0.15, 0.2) is 0 Å². The lowest BCUT2D eigenvalue weighted by atomic mass is 9.91. The lowest BCUT2D eigenvalue weighted by molar-refractivity contribution is 0.829. The first kappa shape index (κ1) is 34.6. The van der Waals surface area contributed by atoms with Gasteiger partial charge in [-0.2, -0.15) is 0 Å². The minimum absolute atomic E-state index is 0.310. The molecule has 1 aliphatic rings. The first-order chi connectivity index (χ1) is 30.7. The van der Waals surface area contributed by atoms with Crippen LogP contribution in [0.3, 0.4) is 0 Å². The normalized spacial score (nSPS) is 13.9. The van der Waals surface area contributed by atoms with E-state index in [0.717, 1.165) is 39.5 Å². The lowest BCUT2D eigenvalue weighted by Crippen LogP contribution is -2.21. The van der Waals surface area contributed by atoms with Crippen molar-refractivity contribution in [3.05, 3.63) is 235 Å². The van der Waals surface area contributed by atoms with E-state index in [1.54, 1.807) is 0 Å². The average molecular weight is 791 g/mol. The largest absolute Gasteiger partial charge is 0.359 e. The third-order valence-corrected chi connectivity index (χ3v) is 12.9. The molecule has 0 radical (unpaired) electrons. The van der Waals surface area contributed by atoms with E-state index in [1.165, 1.54) is 76.3 Å². The molecule has 0 saturated carbocycles. The minimum Gasteiger partial charge on any atom is -0.359 e. The fourth-order valence-corrected chi connectivity index (χ4v) is 10.1. The highest BCUT2D eigenvalue weighted by atomic mass is 15.1. The summed E-state index contributed by atoms with van der Waals surface area (Å²) in [5.74, 6) is 0. The molecule has 0 spiro atoms. The van der Waals surface area contributed by atoms with Crippen LogP contribution in [0.4, 0.5) is 5.69 Å². The van der Waals surface area contributed by atoms with Crippen molar-refractivity contribution in [3.8, 4) is 22.5 Å². The van der Waals surface area contributed by atoms with Gasteiger partial charge in [-0.15, -0.1) is 0 Å². The summed E-state index contributed by atoms with van der Waals surface area (Å²) in [5, 5.41) is 13.7. The molecule has 4 nitrogen and oxygen atoms in total. The fourth-order valence-electron chi connectivity index (χ4n) is 10.1. The molecule has 290 valence electrons. The van der Waals surface area contributed by atoms with E-state index in [2.05, 4.69) is 233 Å². The Bertz CT molecular complexity index is 3790. The maximum absolute atomic E-state index is 5.58. The SMILES string of the molecule is c1ccc(-n2c3ccccc3c3cc(-c4ccc5c6ccccc6n(-c6cccc(C7N=C(c8cccc9ccccc89)c8ccc9ccccc9c8N7)c6)c5c4)ccc32)cc1. The molecule has 10 aromatic carbocycles. The van der Waals surface area contributed by atoms with Gasteiger partial charge in [0.05, 0.1) is 33.5 Å². The zero-order valence-electron chi connectivity index (χ0n) is 33.7. The van der Waals surface area contributed by atoms with Gasteiger partial charge in [-0.3, -0.25) is 4.99 Å². The predicted octanol–water partition coefficient (Wildman–Crippen LogP) is 14.8. The highest BCUT2D eigenvalue weighted by molar-refractivity contribution is 6.24. The number of anilines is 1. The summed E-state index contributed by atoms with van der Waals surface area (Å²) in [6.07, 6.45) is -0.310. The minimum atomic E-state index is -0.310. The molecule has 0 bridgehead atoms. The Balaban J connectivity index is 0.972. The third kappa shape index (κ3) is 5.30. The maximum atomic E-state index is 5.58. The van der Waals surface area contributed by atoms with E-state index in [9.17, 15) is 0 Å². The van der Waals surface area contributed by atoms with Gasteiger partial charge < -0.3 is 14.5 Å². The Hall–Kier alpha value is -8.21. The second kappa shape index (κ2) is 13.7. The zero-order valence-corrected chi connectivity index (χ0v) is 33.7. The number of nitrogens with one attached hydrogen (secondary N) is 1. The van der Waals surface area contributed by atoms with Crippen molar-refractivity contribution >= 4 is 76.6 Å². The molecule has 12 aromatic rings. The van der Waals surface area contributed by atoms with Crippen LogP contribution in [0.25, 0.3) is 87.7 Å². The quantitative estimate of drug-likeness (QED) is 0.185. The van der Waals surface area contributed by atoms with E-state index >= 15 is 0 Å². The predicted molar refractivity (Wildman–Crippen MR) is 260 cm³/mol. The third-order valence-electron chi connectivity index (χ3n) is 12.9. The molecule has 1 N–H and O–H groups in total. The van der Waals surface area contributed by atoms with Crippen LogP contribution >= 0.6 is 0 Å². The van der Waals surface area contributed by atoms with Crippen LogP contribution in [-0.2, 0) is 0 Å². The summed E-state index contributed by atoms with van der Waals surface area (Å²) in [6.45, 7) is 0. The van der Waals surface area contributed by atoms with Crippen molar-refractivity contribution in [2.24, 2.45) is 4.99 Å². The summed E-state index contributed by atoms with van der Waals surface area (Å²) < 4.78 is 4.80. The van der Waals surface area contributed by atoms with E-state index in [-0.39, 0.29) is 6.17 Å². The molecule has 2 aromatic heterocycles. The number of para-hydroxylation sites is 3. The fraction of sp³-hybridized carbons (Fsp3) is 0.0172. The van der Waals surface area contributed by atoms with Gasteiger partial charge in [0.25, 0.3) is 0 Å². The van der Waals surface area contributed by atoms with E-state index in [0.29, 0.717) is 0 Å². The Kier molecular flexibility index (Phi) is 7.63. The number of nitrogens with zero attached hydrogens (tertiary/aromatic N) is 3. The molecular weight excluding hydrogens is 753 g/mol. The lowest BCUT2D eigenvalue weighted by Gasteiger charge is -2.28. The molecule has 4 heteroatoms. The van der Waals surface area contributed by atoms with Crippen LogP contribution in [0.1, 0.15) is 22.9 Å². The van der Waals surface area contributed by atoms with Crippen molar-refractivity contribution in [1.82, 2.24) is 9.13 Å². The number of hydrogen-bond donors (Lipinski definition) is 1. The van der Waals surface area contributed by atoms with Crippen molar-refractivity contribution < 1.29 is 0 Å². The molecule has 1 aliphatic heterocycles. The van der Waals surface area contributed by atoms with Gasteiger partial charge in [-0.25, -0.2) is 0 Å². The second-order valence-electron chi connectivity index (χ2n) is 16.4. The van der Waals surface area contributed by atoms with Gasteiger partial charge in [-0.1, -0.05) is 164 Å². The van der Waals surface area contributed by atoms with E-state index < -0.39 is 0 Å². The van der Waals surface area contributed by atoms with Gasteiger partial charge in [0.1, 0.15) is 6.17 Å². The number of benzene rings is 10. The molecular formula is C58H38N4. The summed E-state index contributed by atoms with van der Waals surface area (Å²) in [4.78, 5) is 5.58. The Morgan fingerprint density at radius 1 is 0.355 bits per heavy atom. The summed E-state index contributed by atoms with van der Waals surface area (Å²) in [5.41, 5.74) is 14.8. The first-order valence-electron chi connectivity index (χ1n) is 21.3. The number of aliphatic imine (C=N–C) groups is 1. The molecule has 0 aliphatic carbocycles. The monoisotopic (exact) mass is 790 g/mol. The maximum Gasteiger partial charge on any atom is 0.145 e. The summed E-state index contributed by atoms with van der Waals surface area (Å²) in [7, 11) is 0.